The van der Waals surface area contributed by atoms with Crippen molar-refractivity contribution in [3.63, 3.8) is 0 Å². The van der Waals surface area contributed by atoms with Crippen molar-refractivity contribution in [2.75, 3.05) is 51.5 Å². The minimum atomic E-state index is 0.365. The summed E-state index contributed by atoms with van der Waals surface area (Å²) in [5.41, 5.74) is 1.98. The number of nitriles is 1. The molecule has 33 heavy (non-hydrogen) atoms. The first kappa shape index (κ1) is 20.8. The molecule has 3 aromatic rings. The molecule has 2 aliphatic rings. The van der Waals surface area contributed by atoms with Crippen LogP contribution in [0.15, 0.2) is 42.5 Å². The predicted octanol–water partition coefficient (Wildman–Crippen LogP) is 2.95. The van der Waals surface area contributed by atoms with Crippen LogP contribution in [0.25, 0.3) is 17.3 Å². The van der Waals surface area contributed by atoms with E-state index in [1.165, 1.54) is 0 Å². The zero-order valence-corrected chi connectivity index (χ0v) is 18.2. The molecule has 0 unspecified atom stereocenters. The fourth-order valence-electron chi connectivity index (χ4n) is 3.92. The third-order valence-electron chi connectivity index (χ3n) is 5.48. The molecule has 5 rings (SSSR count). The number of methoxy groups -OCH3 is 1. The maximum atomic E-state index is 10.1. The fourth-order valence-corrected chi connectivity index (χ4v) is 3.92. The SMILES string of the molecule is COc1cc(/C=C(\C#N)c2nnc(N3CCOCC3)n2-c2ccccc2)cc2c1OCCO2. The molecule has 0 N–H and O–H groups in total. The molecule has 0 spiro atoms. The van der Waals surface area contributed by atoms with E-state index in [2.05, 4.69) is 21.2 Å². The Morgan fingerprint density at radius 2 is 1.85 bits per heavy atom. The van der Waals surface area contributed by atoms with Crippen molar-refractivity contribution >= 4 is 17.6 Å². The van der Waals surface area contributed by atoms with E-state index in [0.29, 0.717) is 74.1 Å². The molecule has 1 fully saturated rings. The van der Waals surface area contributed by atoms with Gasteiger partial charge < -0.3 is 23.8 Å². The van der Waals surface area contributed by atoms with Crippen LogP contribution >= 0.6 is 0 Å². The Kier molecular flexibility index (Phi) is 5.83. The highest BCUT2D eigenvalue weighted by Gasteiger charge is 2.24. The third-order valence-corrected chi connectivity index (χ3v) is 5.48. The van der Waals surface area contributed by atoms with Crippen LogP contribution in [0.4, 0.5) is 5.95 Å². The van der Waals surface area contributed by atoms with Gasteiger partial charge in [0.1, 0.15) is 19.3 Å². The average Bonchev–Trinajstić information content (AvgIpc) is 3.33. The fraction of sp³-hybridized carbons (Fsp3) is 0.292. The van der Waals surface area contributed by atoms with Gasteiger partial charge in [-0.05, 0) is 35.9 Å². The van der Waals surface area contributed by atoms with Crippen LogP contribution in [0.3, 0.4) is 0 Å². The lowest BCUT2D eigenvalue weighted by Gasteiger charge is -2.28. The highest BCUT2D eigenvalue weighted by atomic mass is 16.6. The van der Waals surface area contributed by atoms with Crippen LogP contribution < -0.4 is 19.1 Å². The first-order valence-electron chi connectivity index (χ1n) is 10.7. The molecular formula is C24H23N5O4. The molecule has 3 heterocycles. The minimum Gasteiger partial charge on any atom is -0.493 e. The number of morpholine rings is 1. The molecule has 9 nitrogen and oxygen atoms in total. The van der Waals surface area contributed by atoms with E-state index < -0.39 is 0 Å². The maximum absolute atomic E-state index is 10.1. The van der Waals surface area contributed by atoms with E-state index in [4.69, 9.17) is 18.9 Å². The van der Waals surface area contributed by atoms with Crippen LogP contribution in [-0.4, -0.2) is 61.4 Å². The second-order valence-electron chi connectivity index (χ2n) is 7.51. The van der Waals surface area contributed by atoms with Crippen LogP contribution in [-0.2, 0) is 4.74 Å². The van der Waals surface area contributed by atoms with E-state index in [-0.39, 0.29) is 0 Å². The van der Waals surface area contributed by atoms with Crippen molar-refractivity contribution in [3.05, 3.63) is 53.9 Å². The topological polar surface area (TPSA) is 94.7 Å². The molecule has 2 aromatic carbocycles. The van der Waals surface area contributed by atoms with Gasteiger partial charge in [-0.3, -0.25) is 4.57 Å². The molecule has 168 valence electrons. The number of ether oxygens (including phenoxy) is 4. The van der Waals surface area contributed by atoms with Crippen molar-refractivity contribution in [3.8, 4) is 29.0 Å². The van der Waals surface area contributed by atoms with E-state index in [1.54, 1.807) is 13.2 Å². The molecule has 0 saturated carbocycles. The van der Waals surface area contributed by atoms with Gasteiger partial charge in [-0.15, -0.1) is 10.2 Å². The van der Waals surface area contributed by atoms with Crippen LogP contribution in [0.1, 0.15) is 11.4 Å². The summed E-state index contributed by atoms with van der Waals surface area (Å²) >= 11 is 0. The Hall–Kier alpha value is -4.03. The maximum Gasteiger partial charge on any atom is 0.232 e. The van der Waals surface area contributed by atoms with Gasteiger partial charge in [0.25, 0.3) is 0 Å². The van der Waals surface area contributed by atoms with Crippen molar-refractivity contribution in [1.29, 1.82) is 5.26 Å². The van der Waals surface area contributed by atoms with Crippen molar-refractivity contribution < 1.29 is 18.9 Å². The van der Waals surface area contributed by atoms with Crippen LogP contribution in [0, 0.1) is 11.3 Å². The summed E-state index contributed by atoms with van der Waals surface area (Å²) in [7, 11) is 1.58. The molecule has 0 aliphatic carbocycles. The number of hydrogen-bond donors (Lipinski definition) is 0. The number of nitrogens with zero attached hydrogens (tertiary/aromatic N) is 5. The Bertz CT molecular complexity index is 1190. The van der Waals surface area contributed by atoms with Crippen LogP contribution in [0.5, 0.6) is 17.2 Å². The van der Waals surface area contributed by atoms with Gasteiger partial charge in [-0.1, -0.05) is 18.2 Å². The monoisotopic (exact) mass is 445 g/mol. The third kappa shape index (κ3) is 4.08. The summed E-state index contributed by atoms with van der Waals surface area (Å²) in [5.74, 6) is 2.85. The molecule has 0 atom stereocenters. The van der Waals surface area contributed by atoms with Gasteiger partial charge in [0.15, 0.2) is 17.3 Å². The first-order chi connectivity index (χ1) is 16.3. The van der Waals surface area contributed by atoms with E-state index in [0.717, 1.165) is 11.3 Å². The smallest absolute Gasteiger partial charge is 0.232 e. The van der Waals surface area contributed by atoms with Gasteiger partial charge in [0.2, 0.25) is 11.7 Å². The lowest BCUT2D eigenvalue weighted by molar-refractivity contribution is 0.122. The summed E-state index contributed by atoms with van der Waals surface area (Å²) in [6.07, 6.45) is 1.76. The van der Waals surface area contributed by atoms with Gasteiger partial charge >= 0.3 is 0 Å². The van der Waals surface area contributed by atoms with Crippen molar-refractivity contribution in [2.24, 2.45) is 0 Å². The standard InChI is InChI=1S/C24H23N5O4/c1-30-20-14-17(15-21-22(20)33-12-11-32-21)13-18(16-25)23-26-27-24(28-7-9-31-10-8-28)29(23)19-5-3-2-4-6-19/h2-6,13-15H,7-12H2,1H3/b18-13+. The van der Waals surface area contributed by atoms with E-state index in [1.807, 2.05) is 47.0 Å². The van der Waals surface area contributed by atoms with Gasteiger partial charge in [0.05, 0.1) is 31.6 Å². The van der Waals surface area contributed by atoms with E-state index >= 15 is 0 Å². The summed E-state index contributed by atoms with van der Waals surface area (Å²) in [5, 5.41) is 18.9. The molecule has 1 aromatic heterocycles. The lowest BCUT2D eigenvalue weighted by atomic mass is 10.1. The second kappa shape index (κ2) is 9.22. The van der Waals surface area contributed by atoms with Crippen molar-refractivity contribution in [1.82, 2.24) is 14.8 Å². The molecule has 0 amide bonds. The zero-order valence-electron chi connectivity index (χ0n) is 18.2. The Morgan fingerprint density at radius 1 is 1.06 bits per heavy atom. The summed E-state index contributed by atoms with van der Waals surface area (Å²) in [4.78, 5) is 2.12. The van der Waals surface area contributed by atoms with Crippen molar-refractivity contribution in [2.45, 2.75) is 0 Å². The highest BCUT2D eigenvalue weighted by molar-refractivity contribution is 5.89. The summed E-state index contributed by atoms with van der Waals surface area (Å²) in [6.45, 7) is 3.57. The number of para-hydroxylation sites is 1. The normalized spacial score (nSPS) is 15.8. The number of aromatic nitrogens is 3. The number of benzene rings is 2. The molecular weight excluding hydrogens is 422 g/mol. The molecule has 2 aliphatic heterocycles. The van der Waals surface area contributed by atoms with Gasteiger partial charge in [0, 0.05) is 13.1 Å². The summed E-state index contributed by atoms with van der Waals surface area (Å²) in [6, 6.07) is 15.7. The molecule has 1 saturated heterocycles. The first-order valence-corrected chi connectivity index (χ1v) is 10.7. The largest absolute Gasteiger partial charge is 0.493 e. The second-order valence-corrected chi connectivity index (χ2v) is 7.51. The van der Waals surface area contributed by atoms with E-state index in [9.17, 15) is 5.26 Å². The Morgan fingerprint density at radius 3 is 2.61 bits per heavy atom. The summed E-state index contributed by atoms with van der Waals surface area (Å²) < 4.78 is 24.3. The quantitative estimate of drug-likeness (QED) is 0.554. The van der Waals surface area contributed by atoms with Crippen LogP contribution in [0.2, 0.25) is 0 Å². The number of rotatable bonds is 5. The number of hydrogen-bond acceptors (Lipinski definition) is 8. The molecule has 0 radical (unpaired) electrons. The highest BCUT2D eigenvalue weighted by Crippen LogP contribution is 2.41. The lowest BCUT2D eigenvalue weighted by Crippen LogP contribution is -2.38. The minimum absolute atomic E-state index is 0.365. The predicted molar refractivity (Wildman–Crippen MR) is 122 cm³/mol. The number of anilines is 1. The molecule has 0 bridgehead atoms. The van der Waals surface area contributed by atoms with Gasteiger partial charge in [-0.2, -0.15) is 5.26 Å². The zero-order chi connectivity index (χ0) is 22.6. The number of fused-ring (bicyclic) bond motifs is 1. The average molecular weight is 445 g/mol. The molecule has 9 heteroatoms. The Balaban J connectivity index is 1.61. The number of allylic oxidation sites excluding steroid dienone is 1. The van der Waals surface area contributed by atoms with Gasteiger partial charge in [-0.25, -0.2) is 0 Å². The Labute approximate surface area is 191 Å².